The van der Waals surface area contributed by atoms with E-state index in [4.69, 9.17) is 4.74 Å². The van der Waals surface area contributed by atoms with Crippen LogP contribution < -0.4 is 5.32 Å². The number of ether oxygens (including phenoxy) is 1. The first-order chi connectivity index (χ1) is 10.5. The van der Waals surface area contributed by atoms with Gasteiger partial charge in [0, 0.05) is 19.3 Å². The number of halogens is 3. The molecule has 0 spiro atoms. The number of hydrogen-bond acceptors (Lipinski definition) is 3. The molecule has 0 aliphatic rings. The smallest absolute Gasteiger partial charge is 0.372 e. The Morgan fingerprint density at radius 1 is 1.14 bits per heavy atom. The number of aromatic nitrogens is 1. The lowest BCUT2D eigenvalue weighted by molar-refractivity contribution is -0.137. The van der Waals surface area contributed by atoms with Crippen LogP contribution in [0.1, 0.15) is 24.2 Å². The number of pyridine rings is 1. The average Bonchev–Trinajstić information content (AvgIpc) is 2.52. The highest BCUT2D eigenvalue weighted by Crippen LogP contribution is 2.29. The fourth-order valence-corrected chi connectivity index (χ4v) is 2.01. The van der Waals surface area contributed by atoms with Crippen LogP contribution in [0.3, 0.4) is 0 Å². The van der Waals surface area contributed by atoms with E-state index < -0.39 is 11.7 Å². The van der Waals surface area contributed by atoms with Crippen LogP contribution in [-0.4, -0.2) is 18.1 Å². The highest BCUT2D eigenvalue weighted by atomic mass is 19.4. The van der Waals surface area contributed by atoms with Crippen LogP contribution in [0.25, 0.3) is 0 Å². The minimum Gasteiger partial charge on any atom is -0.372 e. The maximum Gasteiger partial charge on any atom is 0.417 e. The Balaban J connectivity index is 2.01. The second-order valence-electron chi connectivity index (χ2n) is 4.67. The van der Waals surface area contributed by atoms with Crippen molar-refractivity contribution < 1.29 is 17.9 Å². The van der Waals surface area contributed by atoms with Crippen molar-refractivity contribution in [1.82, 2.24) is 4.98 Å². The van der Waals surface area contributed by atoms with Crippen LogP contribution in [0.4, 0.5) is 19.0 Å². The molecule has 0 fully saturated rings. The molecular formula is C16H17F3N2O. The van der Waals surface area contributed by atoms with Crippen molar-refractivity contribution in [2.24, 2.45) is 0 Å². The molecule has 2 rings (SSSR count). The maximum absolute atomic E-state index is 12.5. The Kier molecular flexibility index (Phi) is 5.38. The molecule has 1 unspecified atom stereocenters. The Hall–Kier alpha value is -2.08. The molecule has 0 saturated heterocycles. The highest BCUT2D eigenvalue weighted by Gasteiger charge is 2.30. The van der Waals surface area contributed by atoms with Gasteiger partial charge in [0.2, 0.25) is 0 Å². The summed E-state index contributed by atoms with van der Waals surface area (Å²) in [5, 5.41) is 3.00. The lowest BCUT2D eigenvalue weighted by atomic mass is 10.1. The summed E-state index contributed by atoms with van der Waals surface area (Å²) in [7, 11) is 0. The second-order valence-corrected chi connectivity index (χ2v) is 4.67. The van der Waals surface area contributed by atoms with Crippen molar-refractivity contribution in [3.8, 4) is 0 Å². The summed E-state index contributed by atoms with van der Waals surface area (Å²) in [4.78, 5) is 3.78. The number of nitrogens with zero attached hydrogens (tertiary/aromatic N) is 1. The predicted octanol–water partition coefficient (Wildman–Crippen LogP) is 4.29. The quantitative estimate of drug-likeness (QED) is 0.864. The maximum atomic E-state index is 12.5. The van der Waals surface area contributed by atoms with E-state index in [2.05, 4.69) is 10.3 Å². The van der Waals surface area contributed by atoms with Crippen LogP contribution in [-0.2, 0) is 10.9 Å². The Morgan fingerprint density at radius 3 is 2.41 bits per heavy atom. The zero-order valence-electron chi connectivity index (χ0n) is 12.1. The third-order valence-electron chi connectivity index (χ3n) is 3.10. The van der Waals surface area contributed by atoms with Gasteiger partial charge in [-0.3, -0.25) is 0 Å². The van der Waals surface area contributed by atoms with Gasteiger partial charge in [0.05, 0.1) is 11.7 Å². The van der Waals surface area contributed by atoms with E-state index in [1.165, 1.54) is 6.07 Å². The van der Waals surface area contributed by atoms with Gasteiger partial charge in [-0.15, -0.1) is 0 Å². The molecular weight excluding hydrogens is 293 g/mol. The van der Waals surface area contributed by atoms with Crippen molar-refractivity contribution in [3.63, 3.8) is 0 Å². The molecule has 0 bridgehead atoms. The number of benzene rings is 1. The van der Waals surface area contributed by atoms with Gasteiger partial charge < -0.3 is 10.1 Å². The summed E-state index contributed by atoms with van der Waals surface area (Å²) in [5.41, 5.74) is 0.242. The lowest BCUT2D eigenvalue weighted by Crippen LogP contribution is -2.16. The van der Waals surface area contributed by atoms with E-state index in [0.29, 0.717) is 19.0 Å². The molecule has 0 saturated carbocycles. The van der Waals surface area contributed by atoms with Crippen LogP contribution >= 0.6 is 0 Å². The average molecular weight is 310 g/mol. The van der Waals surface area contributed by atoms with Crippen molar-refractivity contribution in [3.05, 3.63) is 59.8 Å². The number of nitrogens with one attached hydrogen (secondary N) is 1. The molecule has 3 nitrogen and oxygen atoms in total. The first-order valence-electron chi connectivity index (χ1n) is 6.94. The van der Waals surface area contributed by atoms with Crippen LogP contribution in [0.15, 0.2) is 48.7 Å². The Labute approximate surface area is 127 Å². The fourth-order valence-electron chi connectivity index (χ4n) is 2.01. The van der Waals surface area contributed by atoms with E-state index in [1.54, 1.807) is 0 Å². The molecule has 1 N–H and O–H groups in total. The zero-order valence-corrected chi connectivity index (χ0v) is 12.1. The lowest BCUT2D eigenvalue weighted by Gasteiger charge is -2.18. The molecule has 1 heterocycles. The SMILES string of the molecule is CCOC(CNc1ccc(C(F)(F)F)cn1)c1ccccc1. The molecule has 0 aliphatic carbocycles. The summed E-state index contributed by atoms with van der Waals surface area (Å²) in [5.74, 6) is 0.383. The van der Waals surface area contributed by atoms with E-state index in [9.17, 15) is 13.2 Å². The normalized spacial score (nSPS) is 12.9. The standard InChI is InChI=1S/C16H17F3N2O/c1-2-22-14(12-6-4-3-5-7-12)11-21-15-9-8-13(10-20-15)16(17,18)19/h3-10,14H,2,11H2,1H3,(H,20,21). The molecule has 0 amide bonds. The van der Waals surface area contributed by atoms with Gasteiger partial charge in [-0.1, -0.05) is 30.3 Å². The van der Waals surface area contributed by atoms with Crippen LogP contribution in [0, 0.1) is 0 Å². The molecule has 0 aliphatic heterocycles. The summed E-state index contributed by atoms with van der Waals surface area (Å²) in [6.07, 6.45) is -3.74. The number of rotatable bonds is 6. The molecule has 0 radical (unpaired) electrons. The largest absolute Gasteiger partial charge is 0.417 e. The molecule has 1 aromatic carbocycles. The molecule has 2 aromatic rings. The molecule has 1 atom stereocenters. The monoisotopic (exact) mass is 310 g/mol. The van der Waals surface area contributed by atoms with E-state index in [-0.39, 0.29) is 6.10 Å². The van der Waals surface area contributed by atoms with Crippen LogP contribution in [0.5, 0.6) is 0 Å². The van der Waals surface area contributed by atoms with Gasteiger partial charge in [-0.25, -0.2) is 4.98 Å². The third kappa shape index (κ3) is 4.46. The fraction of sp³-hybridized carbons (Fsp3) is 0.312. The summed E-state index contributed by atoms with van der Waals surface area (Å²) < 4.78 is 43.1. The summed E-state index contributed by atoms with van der Waals surface area (Å²) in [6.45, 7) is 2.87. The van der Waals surface area contributed by atoms with Crippen LogP contribution in [0.2, 0.25) is 0 Å². The van der Waals surface area contributed by atoms with Gasteiger partial charge in [0.25, 0.3) is 0 Å². The summed E-state index contributed by atoms with van der Waals surface area (Å²) >= 11 is 0. The Morgan fingerprint density at radius 2 is 1.86 bits per heavy atom. The first-order valence-corrected chi connectivity index (χ1v) is 6.94. The van der Waals surface area contributed by atoms with Crippen molar-refractivity contribution >= 4 is 5.82 Å². The predicted molar refractivity (Wildman–Crippen MR) is 78.5 cm³/mol. The number of anilines is 1. The molecule has 118 valence electrons. The van der Waals surface area contributed by atoms with Crippen molar-refractivity contribution in [1.29, 1.82) is 0 Å². The summed E-state index contributed by atoms with van der Waals surface area (Å²) in [6, 6.07) is 12.0. The van der Waals surface area contributed by atoms with Gasteiger partial charge in [-0.2, -0.15) is 13.2 Å². The van der Waals surface area contributed by atoms with E-state index >= 15 is 0 Å². The minimum atomic E-state index is -4.37. The van der Waals surface area contributed by atoms with E-state index in [1.807, 2.05) is 37.3 Å². The van der Waals surface area contributed by atoms with Crippen molar-refractivity contribution in [2.45, 2.75) is 19.2 Å². The second kappa shape index (κ2) is 7.26. The van der Waals surface area contributed by atoms with Gasteiger partial charge in [-0.05, 0) is 24.6 Å². The molecule has 22 heavy (non-hydrogen) atoms. The molecule has 6 heteroatoms. The topological polar surface area (TPSA) is 34.1 Å². The molecule has 1 aromatic heterocycles. The third-order valence-corrected chi connectivity index (χ3v) is 3.10. The minimum absolute atomic E-state index is 0.185. The first kappa shape index (κ1) is 16.3. The van der Waals surface area contributed by atoms with E-state index in [0.717, 1.165) is 17.8 Å². The van der Waals surface area contributed by atoms with Gasteiger partial charge >= 0.3 is 6.18 Å². The Bertz CT molecular complexity index is 570. The zero-order chi connectivity index (χ0) is 16.0. The number of alkyl halides is 3. The number of hydrogen-bond donors (Lipinski definition) is 1. The van der Waals surface area contributed by atoms with Crippen molar-refractivity contribution in [2.75, 3.05) is 18.5 Å². The van der Waals surface area contributed by atoms with Gasteiger partial charge in [0.1, 0.15) is 5.82 Å². The van der Waals surface area contributed by atoms with Gasteiger partial charge in [0.15, 0.2) is 0 Å². The highest BCUT2D eigenvalue weighted by molar-refractivity contribution is 5.36.